The molecule has 0 bridgehead atoms. The van der Waals surface area contributed by atoms with E-state index in [1.54, 1.807) is 0 Å². The Bertz CT molecular complexity index is 426. The summed E-state index contributed by atoms with van der Waals surface area (Å²) in [6, 6.07) is 0. The second kappa shape index (κ2) is 5.98. The normalized spacial score (nSPS) is 24.3. The molecule has 3 nitrogen and oxygen atoms in total. The molecule has 1 unspecified atom stereocenters. The molecule has 0 spiro atoms. The topological polar surface area (TPSA) is 38.7 Å². The molecule has 1 aliphatic rings. The molecular weight excluding hydrogens is 234 g/mol. The number of aryl methyl sites for hydroxylation is 2. The van der Waals surface area contributed by atoms with Crippen molar-refractivity contribution >= 4 is 0 Å². The van der Waals surface area contributed by atoms with Gasteiger partial charge in [-0.15, -0.1) is 5.10 Å². The Morgan fingerprint density at radius 2 is 1.63 bits per heavy atom. The fraction of sp³-hybridized carbons (Fsp3) is 0.812. The number of rotatable bonds is 1. The SMILES string of the molecule is Cc1nnc(C2CCCCC(C)(C)CCC2)c(C)n1. The molecule has 0 radical (unpaired) electrons. The smallest absolute Gasteiger partial charge is 0.148 e. The Morgan fingerprint density at radius 3 is 2.37 bits per heavy atom. The van der Waals surface area contributed by atoms with Crippen LogP contribution in [0.15, 0.2) is 0 Å². The zero-order valence-electron chi connectivity index (χ0n) is 12.9. The molecule has 1 aliphatic carbocycles. The summed E-state index contributed by atoms with van der Waals surface area (Å²) in [5.41, 5.74) is 2.74. The van der Waals surface area contributed by atoms with Crippen LogP contribution in [-0.2, 0) is 0 Å². The lowest BCUT2D eigenvalue weighted by Gasteiger charge is -2.23. The Hall–Kier alpha value is -0.990. The highest BCUT2D eigenvalue weighted by molar-refractivity contribution is 5.13. The largest absolute Gasteiger partial charge is 0.235 e. The summed E-state index contributed by atoms with van der Waals surface area (Å²) in [4.78, 5) is 4.48. The van der Waals surface area contributed by atoms with Crippen LogP contribution in [0.2, 0.25) is 0 Å². The minimum atomic E-state index is 0.515. The van der Waals surface area contributed by atoms with Crippen LogP contribution in [0.5, 0.6) is 0 Å². The summed E-state index contributed by atoms with van der Waals surface area (Å²) in [6.45, 7) is 8.81. The summed E-state index contributed by atoms with van der Waals surface area (Å²) >= 11 is 0. The van der Waals surface area contributed by atoms with E-state index in [9.17, 15) is 0 Å². The van der Waals surface area contributed by atoms with Crippen LogP contribution < -0.4 is 0 Å². The number of aromatic nitrogens is 3. The van der Waals surface area contributed by atoms with Crippen LogP contribution in [0, 0.1) is 19.3 Å². The van der Waals surface area contributed by atoms with Gasteiger partial charge in [-0.05, 0) is 44.9 Å². The van der Waals surface area contributed by atoms with Gasteiger partial charge in [0.05, 0.1) is 11.4 Å². The first-order valence-electron chi connectivity index (χ1n) is 7.66. The third-order valence-electron chi connectivity index (χ3n) is 4.45. The van der Waals surface area contributed by atoms with Gasteiger partial charge in [0, 0.05) is 5.92 Å². The van der Waals surface area contributed by atoms with E-state index in [-0.39, 0.29) is 0 Å². The van der Waals surface area contributed by atoms with E-state index in [1.807, 2.05) is 6.92 Å². The van der Waals surface area contributed by atoms with Gasteiger partial charge in [-0.3, -0.25) is 0 Å². The standard InChI is InChI=1S/C16H27N3/c1-12-15(19-18-13(2)17-12)14-8-5-6-10-16(3,4)11-7-9-14/h14H,5-11H2,1-4H3. The van der Waals surface area contributed by atoms with Gasteiger partial charge in [0.25, 0.3) is 0 Å². The third kappa shape index (κ3) is 3.99. The van der Waals surface area contributed by atoms with Gasteiger partial charge < -0.3 is 0 Å². The molecular formula is C16H27N3. The van der Waals surface area contributed by atoms with E-state index in [4.69, 9.17) is 0 Å². The van der Waals surface area contributed by atoms with Crippen molar-refractivity contribution in [3.63, 3.8) is 0 Å². The van der Waals surface area contributed by atoms with Crippen LogP contribution in [0.25, 0.3) is 0 Å². The Kier molecular flexibility index (Phi) is 4.54. The van der Waals surface area contributed by atoms with Crippen LogP contribution >= 0.6 is 0 Å². The van der Waals surface area contributed by atoms with E-state index in [1.165, 1.54) is 44.9 Å². The summed E-state index contributed by atoms with van der Waals surface area (Å²) in [6.07, 6.45) is 9.12. The van der Waals surface area contributed by atoms with Crippen molar-refractivity contribution in [1.82, 2.24) is 15.2 Å². The molecule has 1 atom stereocenters. The first kappa shape index (κ1) is 14.4. The van der Waals surface area contributed by atoms with Gasteiger partial charge in [-0.2, -0.15) is 5.10 Å². The molecule has 19 heavy (non-hydrogen) atoms. The predicted octanol–water partition coefficient (Wildman–Crippen LogP) is 4.34. The molecule has 0 aromatic carbocycles. The summed E-state index contributed by atoms with van der Waals surface area (Å²) < 4.78 is 0. The lowest BCUT2D eigenvalue weighted by atomic mass is 9.83. The average molecular weight is 261 g/mol. The zero-order valence-corrected chi connectivity index (χ0v) is 12.9. The average Bonchev–Trinajstić information content (AvgIpc) is 2.40. The van der Waals surface area contributed by atoms with Gasteiger partial charge >= 0.3 is 0 Å². The number of hydrogen-bond acceptors (Lipinski definition) is 3. The van der Waals surface area contributed by atoms with E-state index >= 15 is 0 Å². The first-order chi connectivity index (χ1) is 8.98. The fourth-order valence-electron chi connectivity index (χ4n) is 3.26. The summed E-state index contributed by atoms with van der Waals surface area (Å²) in [7, 11) is 0. The van der Waals surface area contributed by atoms with Gasteiger partial charge in [-0.25, -0.2) is 4.98 Å². The zero-order chi connectivity index (χ0) is 13.9. The second-order valence-electron chi connectivity index (χ2n) is 6.83. The molecule has 1 saturated carbocycles. The molecule has 1 aromatic rings. The molecule has 1 fully saturated rings. The van der Waals surface area contributed by atoms with E-state index in [0.717, 1.165) is 17.2 Å². The van der Waals surface area contributed by atoms with Gasteiger partial charge in [0.1, 0.15) is 5.82 Å². The van der Waals surface area contributed by atoms with Crippen molar-refractivity contribution in [1.29, 1.82) is 0 Å². The maximum absolute atomic E-state index is 4.48. The molecule has 1 heterocycles. The Morgan fingerprint density at radius 1 is 0.947 bits per heavy atom. The van der Waals surface area contributed by atoms with Gasteiger partial charge in [0.2, 0.25) is 0 Å². The van der Waals surface area contributed by atoms with E-state index in [0.29, 0.717) is 11.3 Å². The van der Waals surface area contributed by atoms with Crippen molar-refractivity contribution < 1.29 is 0 Å². The van der Waals surface area contributed by atoms with Crippen LogP contribution in [0.4, 0.5) is 0 Å². The second-order valence-corrected chi connectivity index (χ2v) is 6.83. The fourth-order valence-corrected chi connectivity index (χ4v) is 3.26. The lowest BCUT2D eigenvalue weighted by molar-refractivity contribution is 0.293. The highest BCUT2D eigenvalue weighted by atomic mass is 15.2. The van der Waals surface area contributed by atoms with Gasteiger partial charge in [0.15, 0.2) is 0 Å². The Labute approximate surface area is 117 Å². The van der Waals surface area contributed by atoms with Crippen LogP contribution in [0.1, 0.15) is 81.9 Å². The van der Waals surface area contributed by atoms with Crippen molar-refractivity contribution in [3.05, 3.63) is 17.2 Å². The van der Waals surface area contributed by atoms with Crippen molar-refractivity contribution in [3.8, 4) is 0 Å². The molecule has 3 heteroatoms. The number of hydrogen-bond donors (Lipinski definition) is 0. The molecule has 0 aliphatic heterocycles. The van der Waals surface area contributed by atoms with Crippen LogP contribution in [0.3, 0.4) is 0 Å². The highest BCUT2D eigenvalue weighted by Crippen LogP contribution is 2.36. The predicted molar refractivity (Wildman–Crippen MR) is 78.1 cm³/mol. The van der Waals surface area contributed by atoms with Crippen molar-refractivity contribution in [2.45, 2.75) is 78.6 Å². The monoisotopic (exact) mass is 261 g/mol. The van der Waals surface area contributed by atoms with E-state index in [2.05, 4.69) is 36.0 Å². The molecule has 0 amide bonds. The summed E-state index contributed by atoms with van der Waals surface area (Å²) in [5, 5.41) is 8.59. The quantitative estimate of drug-likeness (QED) is 0.754. The molecule has 0 N–H and O–H groups in total. The van der Waals surface area contributed by atoms with Crippen LogP contribution in [-0.4, -0.2) is 15.2 Å². The van der Waals surface area contributed by atoms with Crippen molar-refractivity contribution in [2.75, 3.05) is 0 Å². The first-order valence-corrected chi connectivity index (χ1v) is 7.66. The lowest BCUT2D eigenvalue weighted by Crippen LogP contribution is -2.11. The minimum Gasteiger partial charge on any atom is -0.235 e. The van der Waals surface area contributed by atoms with E-state index < -0.39 is 0 Å². The molecule has 2 rings (SSSR count). The van der Waals surface area contributed by atoms with Gasteiger partial charge in [-0.1, -0.05) is 33.1 Å². The molecule has 1 aromatic heterocycles. The summed E-state index contributed by atoms with van der Waals surface area (Å²) in [5.74, 6) is 1.35. The molecule has 0 saturated heterocycles. The third-order valence-corrected chi connectivity index (χ3v) is 4.45. The molecule has 106 valence electrons. The number of nitrogens with zero attached hydrogens (tertiary/aromatic N) is 3. The Balaban J connectivity index is 2.10. The van der Waals surface area contributed by atoms with Crippen molar-refractivity contribution in [2.24, 2.45) is 5.41 Å². The minimum absolute atomic E-state index is 0.515. The maximum atomic E-state index is 4.48. The maximum Gasteiger partial charge on any atom is 0.148 e. The highest BCUT2D eigenvalue weighted by Gasteiger charge is 2.23.